The van der Waals surface area contributed by atoms with Crippen LogP contribution in [0, 0.1) is 0 Å². The highest BCUT2D eigenvalue weighted by molar-refractivity contribution is 5.87. The summed E-state index contributed by atoms with van der Waals surface area (Å²) in [4.78, 5) is 11.1. The van der Waals surface area contributed by atoms with E-state index >= 15 is 0 Å². The molecule has 1 aliphatic rings. The zero-order chi connectivity index (χ0) is 13.6. The monoisotopic (exact) mass is 264 g/mol. The van der Waals surface area contributed by atoms with Gasteiger partial charge in [0.05, 0.1) is 0 Å². The summed E-state index contributed by atoms with van der Waals surface area (Å²) in [6.07, 6.45) is -6.22. The van der Waals surface area contributed by atoms with E-state index in [1.807, 2.05) is 0 Å². The van der Waals surface area contributed by atoms with Crippen molar-refractivity contribution in [1.82, 2.24) is 0 Å². The Morgan fingerprint density at radius 1 is 1.17 bits per heavy atom. The van der Waals surface area contributed by atoms with Gasteiger partial charge in [0.2, 0.25) is 5.78 Å². The van der Waals surface area contributed by atoms with E-state index in [0.29, 0.717) is 12.0 Å². The predicted octanol–water partition coefficient (Wildman–Crippen LogP) is 3.48. The number of ketones is 1. The molecule has 0 saturated carbocycles. The fourth-order valence-corrected chi connectivity index (χ4v) is 2.05. The van der Waals surface area contributed by atoms with Crippen molar-refractivity contribution in [3.8, 4) is 0 Å². The van der Waals surface area contributed by atoms with E-state index < -0.39 is 30.2 Å². The van der Waals surface area contributed by atoms with Gasteiger partial charge in [-0.1, -0.05) is 24.3 Å². The summed E-state index contributed by atoms with van der Waals surface area (Å²) in [6.45, 7) is 0. The third kappa shape index (κ3) is 2.00. The molecule has 0 aliphatic heterocycles. The average molecular weight is 264 g/mol. The Morgan fingerprint density at radius 3 is 2.33 bits per heavy atom. The first-order valence-corrected chi connectivity index (χ1v) is 5.29. The van der Waals surface area contributed by atoms with Crippen LogP contribution in [0.1, 0.15) is 23.5 Å². The van der Waals surface area contributed by atoms with E-state index in [2.05, 4.69) is 0 Å². The number of alkyl halides is 5. The summed E-state index contributed by atoms with van der Waals surface area (Å²) < 4.78 is 61.4. The molecule has 0 N–H and O–H groups in total. The van der Waals surface area contributed by atoms with Gasteiger partial charge in [0.1, 0.15) is 0 Å². The van der Waals surface area contributed by atoms with Gasteiger partial charge in [0.15, 0.2) is 0 Å². The van der Waals surface area contributed by atoms with Crippen molar-refractivity contribution < 1.29 is 26.7 Å². The molecule has 0 saturated heterocycles. The number of hydrogen-bond acceptors (Lipinski definition) is 1. The van der Waals surface area contributed by atoms with Crippen LogP contribution >= 0.6 is 0 Å². The van der Waals surface area contributed by atoms with Gasteiger partial charge in [-0.05, 0) is 23.5 Å². The first kappa shape index (κ1) is 13.0. The second-order valence-corrected chi connectivity index (χ2v) is 4.30. The maximum atomic E-state index is 12.7. The second-order valence-electron chi connectivity index (χ2n) is 4.30. The molecule has 18 heavy (non-hydrogen) atoms. The summed E-state index contributed by atoms with van der Waals surface area (Å²) >= 11 is 0. The number of benzene rings is 1. The smallest absolute Gasteiger partial charge is 0.293 e. The van der Waals surface area contributed by atoms with Crippen molar-refractivity contribution in [2.24, 2.45) is 0 Å². The number of fused-ring (bicyclic) bond motifs is 1. The van der Waals surface area contributed by atoms with E-state index in [1.54, 1.807) is 24.3 Å². The van der Waals surface area contributed by atoms with Crippen LogP contribution < -0.4 is 0 Å². The molecule has 0 aromatic heterocycles. The highest BCUT2D eigenvalue weighted by Crippen LogP contribution is 2.42. The number of hydrogen-bond donors (Lipinski definition) is 0. The van der Waals surface area contributed by atoms with Gasteiger partial charge in [-0.15, -0.1) is 0 Å². The molecule has 1 atom stereocenters. The Hall–Kier alpha value is -1.46. The average Bonchev–Trinajstić information content (AvgIpc) is 2.24. The molecule has 0 bridgehead atoms. The number of carbonyl (C=O) groups is 1. The Morgan fingerprint density at radius 2 is 1.78 bits per heavy atom. The molecule has 0 fully saturated rings. The normalized spacial score (nSPS) is 19.1. The highest BCUT2D eigenvalue weighted by Gasteiger charge is 2.62. The quantitative estimate of drug-likeness (QED) is 0.764. The molecule has 0 amide bonds. The van der Waals surface area contributed by atoms with Gasteiger partial charge < -0.3 is 0 Å². The molecule has 0 heterocycles. The van der Waals surface area contributed by atoms with Crippen molar-refractivity contribution >= 4 is 5.78 Å². The molecule has 2 rings (SSSR count). The van der Waals surface area contributed by atoms with Crippen LogP contribution in [0.4, 0.5) is 22.0 Å². The van der Waals surface area contributed by atoms with Gasteiger partial charge in [-0.3, -0.25) is 4.79 Å². The third-order valence-corrected chi connectivity index (χ3v) is 3.10. The zero-order valence-corrected chi connectivity index (χ0v) is 9.10. The molecule has 1 aliphatic carbocycles. The Kier molecular flexibility index (Phi) is 2.91. The summed E-state index contributed by atoms with van der Waals surface area (Å²) in [5, 5.41) is 0. The lowest BCUT2D eigenvalue weighted by molar-refractivity contribution is -0.268. The Labute approximate surface area is 99.6 Å². The standard InChI is InChI=1S/C12H9F5O/c13-11(14,12(15,16)17)10(18)6-8-5-7-3-1-2-4-9(7)8/h1-4,8H,5-6H2. The van der Waals surface area contributed by atoms with E-state index in [0.717, 1.165) is 5.56 Å². The highest BCUT2D eigenvalue weighted by atomic mass is 19.4. The lowest BCUT2D eigenvalue weighted by atomic mass is 9.74. The van der Waals surface area contributed by atoms with Crippen LogP contribution in [0.15, 0.2) is 24.3 Å². The second kappa shape index (κ2) is 4.03. The number of rotatable bonds is 3. The molecular weight excluding hydrogens is 255 g/mol. The fraction of sp³-hybridized carbons (Fsp3) is 0.417. The first-order valence-electron chi connectivity index (χ1n) is 5.29. The molecule has 1 aromatic rings. The molecule has 1 unspecified atom stereocenters. The zero-order valence-electron chi connectivity index (χ0n) is 9.10. The minimum absolute atomic E-state index is 0.371. The number of carbonyl (C=O) groups excluding carboxylic acids is 1. The van der Waals surface area contributed by atoms with E-state index in [1.165, 1.54) is 0 Å². The van der Waals surface area contributed by atoms with Gasteiger partial charge in [0.25, 0.3) is 0 Å². The van der Waals surface area contributed by atoms with Crippen LogP contribution in [0.3, 0.4) is 0 Å². The van der Waals surface area contributed by atoms with Crippen LogP contribution in [-0.2, 0) is 11.2 Å². The van der Waals surface area contributed by atoms with Crippen molar-refractivity contribution in [2.75, 3.05) is 0 Å². The SMILES string of the molecule is O=C(CC1Cc2ccccc21)C(F)(F)C(F)(F)F. The molecule has 1 nitrogen and oxygen atoms in total. The van der Waals surface area contributed by atoms with Crippen LogP contribution in [0.2, 0.25) is 0 Å². The largest absolute Gasteiger partial charge is 0.461 e. The first-order chi connectivity index (χ1) is 8.23. The van der Waals surface area contributed by atoms with Crippen molar-refractivity contribution in [3.05, 3.63) is 35.4 Å². The van der Waals surface area contributed by atoms with Crippen LogP contribution in [0.25, 0.3) is 0 Å². The molecule has 98 valence electrons. The fourth-order valence-electron chi connectivity index (χ4n) is 2.05. The summed E-state index contributed by atoms with van der Waals surface area (Å²) in [7, 11) is 0. The Balaban J connectivity index is 2.07. The number of halogens is 5. The maximum Gasteiger partial charge on any atom is 0.461 e. The number of Topliss-reactive ketones (excluding diaryl/α,β-unsaturated/α-hetero) is 1. The lowest BCUT2D eigenvalue weighted by Gasteiger charge is -2.30. The molecule has 0 radical (unpaired) electrons. The third-order valence-electron chi connectivity index (χ3n) is 3.10. The molecule has 1 aromatic carbocycles. The molecular formula is C12H9F5O. The lowest BCUT2D eigenvalue weighted by Crippen LogP contribution is -2.45. The van der Waals surface area contributed by atoms with Gasteiger partial charge in [-0.2, -0.15) is 22.0 Å². The molecule has 6 heteroatoms. The Bertz CT molecular complexity index is 478. The summed E-state index contributed by atoms with van der Waals surface area (Å²) in [5.74, 6) is -7.84. The van der Waals surface area contributed by atoms with Gasteiger partial charge >= 0.3 is 12.1 Å². The van der Waals surface area contributed by atoms with Crippen molar-refractivity contribution in [2.45, 2.75) is 30.9 Å². The van der Waals surface area contributed by atoms with Gasteiger partial charge in [0, 0.05) is 6.42 Å². The van der Waals surface area contributed by atoms with Crippen LogP contribution in [-0.4, -0.2) is 17.9 Å². The van der Waals surface area contributed by atoms with Crippen LogP contribution in [0.5, 0.6) is 0 Å². The van der Waals surface area contributed by atoms with Crippen molar-refractivity contribution in [3.63, 3.8) is 0 Å². The van der Waals surface area contributed by atoms with E-state index in [-0.39, 0.29) is 0 Å². The minimum Gasteiger partial charge on any atom is -0.293 e. The summed E-state index contributed by atoms with van der Waals surface area (Å²) in [6, 6.07) is 6.82. The van der Waals surface area contributed by atoms with Gasteiger partial charge in [-0.25, -0.2) is 0 Å². The van der Waals surface area contributed by atoms with E-state index in [9.17, 15) is 26.7 Å². The van der Waals surface area contributed by atoms with E-state index in [4.69, 9.17) is 0 Å². The summed E-state index contributed by atoms with van der Waals surface area (Å²) in [5.41, 5.74) is 1.58. The topological polar surface area (TPSA) is 17.1 Å². The molecule has 0 spiro atoms. The maximum absolute atomic E-state index is 12.7. The van der Waals surface area contributed by atoms with Crippen molar-refractivity contribution in [1.29, 1.82) is 0 Å². The minimum atomic E-state index is -5.81. The predicted molar refractivity (Wildman–Crippen MR) is 53.5 cm³/mol.